The van der Waals surface area contributed by atoms with Crippen molar-refractivity contribution >= 4 is 37.1 Å². The van der Waals surface area contributed by atoms with Crippen LogP contribution in [0.2, 0.25) is 0 Å². The van der Waals surface area contributed by atoms with Crippen molar-refractivity contribution in [2.75, 3.05) is 25.1 Å². The van der Waals surface area contributed by atoms with Crippen LogP contribution in [-0.2, 0) is 20.9 Å². The molecule has 1 spiro atoms. The summed E-state index contributed by atoms with van der Waals surface area (Å²) in [7, 11) is -0.483. The minimum absolute atomic E-state index is 0.181. The van der Waals surface area contributed by atoms with E-state index in [0.29, 0.717) is 17.9 Å². The van der Waals surface area contributed by atoms with Gasteiger partial charge in [-0.15, -0.1) is 11.3 Å². The van der Waals surface area contributed by atoms with E-state index in [4.69, 9.17) is 0 Å². The number of hydrogen-bond donors (Lipinski definition) is 0. The van der Waals surface area contributed by atoms with E-state index in [1.807, 2.05) is 17.0 Å². The molecule has 1 aromatic carbocycles. The van der Waals surface area contributed by atoms with Gasteiger partial charge in [0.15, 0.2) is 0 Å². The first-order chi connectivity index (χ1) is 12.1. The van der Waals surface area contributed by atoms with Crippen LogP contribution in [0.1, 0.15) is 31.2 Å². The number of amides is 1. The molecule has 25 heavy (non-hydrogen) atoms. The van der Waals surface area contributed by atoms with Gasteiger partial charge in [0.25, 0.3) is 0 Å². The Kier molecular flexibility index (Phi) is 4.36. The number of carbonyl (C=O) groups excluding carboxylic acids is 1. The maximum atomic E-state index is 13.1. The predicted octanol–water partition coefficient (Wildman–Crippen LogP) is 3.70. The summed E-state index contributed by atoms with van der Waals surface area (Å²) in [4.78, 5) is 15.2. The van der Waals surface area contributed by atoms with Crippen LogP contribution in [0.4, 0.5) is 0 Å². The molecule has 4 nitrogen and oxygen atoms in total. The van der Waals surface area contributed by atoms with Crippen molar-refractivity contribution in [2.24, 2.45) is 4.36 Å². The molecule has 6 heteroatoms. The van der Waals surface area contributed by atoms with E-state index >= 15 is 0 Å². The van der Waals surface area contributed by atoms with E-state index in [2.05, 4.69) is 21.9 Å². The van der Waals surface area contributed by atoms with Crippen molar-refractivity contribution in [2.45, 2.75) is 37.6 Å². The lowest BCUT2D eigenvalue weighted by molar-refractivity contribution is -0.134. The molecule has 2 aliphatic rings. The average molecular weight is 377 g/mol. The van der Waals surface area contributed by atoms with Gasteiger partial charge in [-0.05, 0) is 48.1 Å². The Hall–Kier alpha value is -1.40. The molecular weight excluding hydrogens is 352 g/mol. The predicted molar refractivity (Wildman–Crippen MR) is 105 cm³/mol. The normalized spacial score (nSPS) is 29.4. The van der Waals surface area contributed by atoms with Crippen LogP contribution in [-0.4, -0.2) is 45.7 Å². The summed E-state index contributed by atoms with van der Waals surface area (Å²) in [6.07, 6.45) is 4.29. The monoisotopic (exact) mass is 376 g/mol. The summed E-state index contributed by atoms with van der Waals surface area (Å²) >= 11 is 1.70. The molecule has 0 aliphatic carbocycles. The molecule has 2 unspecified atom stereocenters. The number of benzene rings is 1. The molecule has 2 aromatic rings. The maximum Gasteiger partial charge on any atom is 0.227 e. The summed E-state index contributed by atoms with van der Waals surface area (Å²) in [6.45, 7) is 0.792. The van der Waals surface area contributed by atoms with Crippen molar-refractivity contribution in [3.63, 3.8) is 0 Å². The summed E-state index contributed by atoms with van der Waals surface area (Å²) in [5.41, 5.74) is 0.891. The first-order valence-corrected chi connectivity index (χ1v) is 11.6. The Labute approximate surface area is 153 Å². The molecule has 0 saturated carbocycles. The largest absolute Gasteiger partial charge is 0.336 e. The zero-order valence-electron chi connectivity index (χ0n) is 14.6. The Morgan fingerprint density at radius 2 is 2.12 bits per heavy atom. The highest BCUT2D eigenvalue weighted by Gasteiger charge is 2.47. The summed E-state index contributed by atoms with van der Waals surface area (Å²) in [5.74, 6) is 1.43. The molecule has 2 atom stereocenters. The average Bonchev–Trinajstić information content (AvgIpc) is 3.19. The van der Waals surface area contributed by atoms with Crippen LogP contribution in [0.3, 0.4) is 0 Å². The highest BCUT2D eigenvalue weighted by Crippen LogP contribution is 2.39. The highest BCUT2D eigenvalue weighted by atomic mass is 32.2. The van der Waals surface area contributed by atoms with E-state index in [1.165, 1.54) is 10.1 Å². The molecule has 1 aromatic heterocycles. The minimum Gasteiger partial charge on any atom is -0.336 e. The van der Waals surface area contributed by atoms with Gasteiger partial charge in [0.1, 0.15) is 0 Å². The topological polar surface area (TPSA) is 49.7 Å². The molecular formula is C19H24N2O2S2. The number of carbonyl (C=O) groups is 1. The summed E-state index contributed by atoms with van der Waals surface area (Å²) in [5, 5.41) is 3.29. The molecule has 134 valence electrons. The van der Waals surface area contributed by atoms with Crippen molar-refractivity contribution in [1.29, 1.82) is 0 Å². The van der Waals surface area contributed by atoms with E-state index in [1.54, 1.807) is 18.4 Å². The van der Waals surface area contributed by atoms with E-state index in [-0.39, 0.29) is 11.4 Å². The van der Waals surface area contributed by atoms with E-state index in [0.717, 1.165) is 37.8 Å². The van der Waals surface area contributed by atoms with Gasteiger partial charge in [-0.1, -0.05) is 18.2 Å². The van der Waals surface area contributed by atoms with E-state index < -0.39 is 9.73 Å². The molecule has 4 rings (SSSR count). The Bertz CT molecular complexity index is 926. The SMILES string of the molecule is CN=S1(=O)CCCC2(CCCN2C(=O)Cc2csc3ccccc23)C1. The molecule has 3 heterocycles. The van der Waals surface area contributed by atoms with Crippen LogP contribution >= 0.6 is 11.3 Å². The molecule has 0 N–H and O–H groups in total. The summed E-state index contributed by atoms with van der Waals surface area (Å²) in [6, 6.07) is 8.26. The number of rotatable bonds is 2. The lowest BCUT2D eigenvalue weighted by Crippen LogP contribution is -2.54. The van der Waals surface area contributed by atoms with Crippen LogP contribution in [0.15, 0.2) is 34.0 Å². The van der Waals surface area contributed by atoms with Crippen molar-refractivity contribution in [1.82, 2.24) is 4.90 Å². The van der Waals surface area contributed by atoms with Gasteiger partial charge in [-0.2, -0.15) is 0 Å². The molecule has 2 saturated heterocycles. The van der Waals surface area contributed by atoms with Crippen molar-refractivity contribution < 1.29 is 9.00 Å². The molecule has 1 amide bonds. The molecule has 0 bridgehead atoms. The quantitative estimate of drug-likeness (QED) is 0.802. The summed E-state index contributed by atoms with van der Waals surface area (Å²) < 4.78 is 18.3. The molecule has 2 aliphatic heterocycles. The van der Waals surface area contributed by atoms with Gasteiger partial charge in [0.2, 0.25) is 5.91 Å². The fraction of sp³-hybridized carbons (Fsp3) is 0.526. The zero-order chi connectivity index (χ0) is 17.5. The van der Waals surface area contributed by atoms with Crippen molar-refractivity contribution in [3.8, 4) is 0 Å². The van der Waals surface area contributed by atoms with Crippen LogP contribution < -0.4 is 0 Å². The number of likely N-dealkylation sites (tertiary alicyclic amines) is 1. The van der Waals surface area contributed by atoms with Gasteiger partial charge >= 0.3 is 0 Å². The lowest BCUT2D eigenvalue weighted by Gasteiger charge is -2.42. The van der Waals surface area contributed by atoms with Crippen LogP contribution in [0.5, 0.6) is 0 Å². The third-order valence-electron chi connectivity index (χ3n) is 5.73. The van der Waals surface area contributed by atoms with Gasteiger partial charge in [0.05, 0.1) is 17.7 Å². The lowest BCUT2D eigenvalue weighted by atomic mass is 9.92. The standard InChI is InChI=1S/C19H24N2O2S2/c1-20-25(23)11-5-9-19(14-25)8-4-10-21(19)18(22)12-15-13-24-17-7-3-2-6-16(15)17/h2-3,6-7,13H,4-5,8-12,14H2,1H3. The number of fused-ring (bicyclic) bond motifs is 1. The van der Waals surface area contributed by atoms with Gasteiger partial charge in [-0.25, -0.2) is 8.57 Å². The third kappa shape index (κ3) is 2.99. The Morgan fingerprint density at radius 1 is 1.32 bits per heavy atom. The molecule has 2 fully saturated rings. The maximum absolute atomic E-state index is 13.1. The number of thiophene rings is 1. The smallest absolute Gasteiger partial charge is 0.227 e. The highest BCUT2D eigenvalue weighted by molar-refractivity contribution is 7.93. The molecule has 0 radical (unpaired) electrons. The minimum atomic E-state index is -2.15. The first-order valence-electron chi connectivity index (χ1n) is 8.91. The van der Waals surface area contributed by atoms with Crippen LogP contribution in [0, 0.1) is 0 Å². The Morgan fingerprint density at radius 3 is 2.96 bits per heavy atom. The second kappa shape index (κ2) is 6.40. The number of nitrogens with zero attached hydrogens (tertiary/aromatic N) is 2. The fourth-order valence-electron chi connectivity index (χ4n) is 4.51. The first kappa shape index (κ1) is 17.0. The fourth-order valence-corrected chi connectivity index (χ4v) is 7.81. The van der Waals surface area contributed by atoms with E-state index in [9.17, 15) is 9.00 Å². The van der Waals surface area contributed by atoms with Gasteiger partial charge < -0.3 is 4.90 Å². The van der Waals surface area contributed by atoms with Crippen molar-refractivity contribution in [3.05, 3.63) is 35.2 Å². The van der Waals surface area contributed by atoms with Gasteiger partial charge in [0, 0.05) is 33.8 Å². The second-order valence-electron chi connectivity index (χ2n) is 7.21. The third-order valence-corrected chi connectivity index (χ3v) is 9.33. The van der Waals surface area contributed by atoms with Gasteiger partial charge in [-0.3, -0.25) is 4.79 Å². The number of hydrogen-bond acceptors (Lipinski definition) is 4. The zero-order valence-corrected chi connectivity index (χ0v) is 16.2. The van der Waals surface area contributed by atoms with Crippen LogP contribution in [0.25, 0.3) is 10.1 Å². The second-order valence-corrected chi connectivity index (χ2v) is 10.7. The Balaban J connectivity index is 1.60.